The summed E-state index contributed by atoms with van der Waals surface area (Å²) in [7, 11) is -5.07. The molecule has 74 valence electrons. The van der Waals surface area contributed by atoms with Gasteiger partial charge in [-0.15, -0.1) is 6.42 Å². The number of ether oxygens (including phenoxy) is 1. The van der Waals surface area contributed by atoms with Gasteiger partial charge in [0, 0.05) is 7.11 Å². The van der Waals surface area contributed by atoms with E-state index in [9.17, 15) is 13.3 Å². The van der Waals surface area contributed by atoms with E-state index < -0.39 is 29.3 Å². The Morgan fingerprint density at radius 2 is 2.23 bits per heavy atom. The molecule has 7 heteroatoms. The van der Waals surface area contributed by atoms with Gasteiger partial charge in [0.1, 0.15) is 6.61 Å². The Hall–Kier alpha value is -0.440. The molecule has 0 radical (unpaired) electrons. The second-order valence-corrected chi connectivity index (χ2v) is 5.11. The molecule has 0 rings (SSSR count). The van der Waals surface area contributed by atoms with E-state index >= 15 is 0 Å². The minimum absolute atomic E-state index is 0.404. The molecule has 0 aromatic carbocycles. The molecule has 0 bridgehead atoms. The summed E-state index contributed by atoms with van der Waals surface area (Å²) in [5, 5.41) is 0. The van der Waals surface area contributed by atoms with Crippen molar-refractivity contribution in [2.24, 2.45) is 0 Å². The van der Waals surface area contributed by atoms with Crippen molar-refractivity contribution in [1.29, 1.82) is 0 Å². The van der Waals surface area contributed by atoms with Crippen LogP contribution in [0.3, 0.4) is 0 Å². The summed E-state index contributed by atoms with van der Waals surface area (Å²) in [6, 6.07) is 0. The van der Waals surface area contributed by atoms with E-state index in [1.807, 2.05) is 5.92 Å². The Balaban J connectivity index is 4.85. The SMILES string of the molecule is C#CCOS(=O)(=O)/C(OC)=[P+](/C)[O-]. The quantitative estimate of drug-likeness (QED) is 0.351. The molecule has 0 spiro atoms. The van der Waals surface area contributed by atoms with E-state index in [1.165, 1.54) is 6.66 Å². The van der Waals surface area contributed by atoms with Gasteiger partial charge in [-0.3, -0.25) is 0 Å². The summed E-state index contributed by atoms with van der Waals surface area (Å²) in [5.41, 5.74) is 0. The fraction of sp³-hybridized carbons (Fsp3) is 0.500. The molecule has 1 unspecified atom stereocenters. The van der Waals surface area contributed by atoms with Gasteiger partial charge in [-0.05, 0) is 0 Å². The topological polar surface area (TPSA) is 75.7 Å². The molecule has 0 aliphatic heterocycles. The van der Waals surface area contributed by atoms with Gasteiger partial charge in [0.25, 0.3) is 0 Å². The van der Waals surface area contributed by atoms with E-state index in [0.717, 1.165) is 7.11 Å². The zero-order valence-corrected chi connectivity index (χ0v) is 8.89. The van der Waals surface area contributed by atoms with Crippen molar-refractivity contribution in [2.45, 2.75) is 0 Å². The van der Waals surface area contributed by atoms with Crippen LogP contribution in [0.4, 0.5) is 0 Å². The van der Waals surface area contributed by atoms with Crippen LogP contribution in [-0.4, -0.2) is 33.6 Å². The van der Waals surface area contributed by atoms with E-state index in [0.29, 0.717) is 0 Å². The molecule has 0 amide bonds. The van der Waals surface area contributed by atoms with Crippen LogP contribution in [0.15, 0.2) is 0 Å². The maximum atomic E-state index is 11.1. The third-order valence-corrected chi connectivity index (χ3v) is 4.10. The summed E-state index contributed by atoms with van der Waals surface area (Å²) in [5.74, 6) is 1.98. The summed E-state index contributed by atoms with van der Waals surface area (Å²) >= 11 is 0. The minimum atomic E-state index is -4.07. The van der Waals surface area contributed by atoms with Crippen molar-refractivity contribution < 1.29 is 22.2 Å². The number of methoxy groups -OCH3 is 1. The molecule has 0 saturated carbocycles. The van der Waals surface area contributed by atoms with E-state index in [2.05, 4.69) is 8.92 Å². The Labute approximate surface area is 78.3 Å². The second kappa shape index (κ2) is 5.32. The highest BCUT2D eigenvalue weighted by Crippen LogP contribution is 2.13. The van der Waals surface area contributed by atoms with Gasteiger partial charge in [0.05, 0.1) is 14.4 Å². The van der Waals surface area contributed by atoms with Crippen molar-refractivity contribution in [2.75, 3.05) is 20.4 Å². The van der Waals surface area contributed by atoms with Crippen LogP contribution in [0, 0.1) is 12.3 Å². The largest absolute Gasteiger partial charge is 0.628 e. The lowest BCUT2D eigenvalue weighted by molar-refractivity contribution is -0.151. The number of hydrogen-bond acceptors (Lipinski definition) is 5. The summed E-state index contributed by atoms with van der Waals surface area (Å²) in [6.07, 6.45) is 4.79. The number of hydrogen-bond donors (Lipinski definition) is 0. The molecule has 13 heavy (non-hydrogen) atoms. The fourth-order valence-corrected chi connectivity index (χ4v) is 2.75. The van der Waals surface area contributed by atoms with Crippen LogP contribution in [0.5, 0.6) is 0 Å². The normalized spacial score (nSPS) is 13.4. The minimum Gasteiger partial charge on any atom is -0.628 e. The van der Waals surface area contributed by atoms with Crippen molar-refractivity contribution in [3.8, 4) is 12.3 Å². The molecule has 0 aliphatic rings. The van der Waals surface area contributed by atoms with Crippen molar-refractivity contribution in [1.82, 2.24) is 0 Å². The van der Waals surface area contributed by atoms with Crippen LogP contribution in [-0.2, 0) is 19.0 Å². The Bertz CT molecular complexity index is 333. The maximum absolute atomic E-state index is 11.1. The highest BCUT2D eigenvalue weighted by Gasteiger charge is 2.26. The lowest BCUT2D eigenvalue weighted by atomic mass is 10.8. The van der Waals surface area contributed by atoms with Gasteiger partial charge < -0.3 is 9.63 Å². The highest BCUT2D eigenvalue weighted by atomic mass is 32.2. The second-order valence-electron chi connectivity index (χ2n) is 1.89. The van der Waals surface area contributed by atoms with Gasteiger partial charge in [-0.2, -0.15) is 8.42 Å². The molecular formula is C6H9O5PS. The fourth-order valence-electron chi connectivity index (χ4n) is 0.550. The lowest BCUT2D eigenvalue weighted by Crippen LogP contribution is -2.21. The first-order chi connectivity index (χ1) is 5.95. The Morgan fingerprint density at radius 3 is 2.54 bits per heavy atom. The number of rotatable bonds is 4. The van der Waals surface area contributed by atoms with Crippen LogP contribution < -0.4 is 4.89 Å². The summed E-state index contributed by atoms with van der Waals surface area (Å²) in [4.78, 5) is 10.3. The molecule has 0 aromatic rings. The molecule has 1 atom stereocenters. The summed E-state index contributed by atoms with van der Waals surface area (Å²) < 4.78 is 30.9. The van der Waals surface area contributed by atoms with E-state index in [-0.39, 0.29) is 0 Å². The third-order valence-electron chi connectivity index (χ3n) is 0.943. The molecular weight excluding hydrogens is 215 g/mol. The molecule has 0 fully saturated rings. The average molecular weight is 224 g/mol. The Morgan fingerprint density at radius 1 is 1.69 bits per heavy atom. The average Bonchev–Trinajstić information content (AvgIpc) is 2.01. The van der Waals surface area contributed by atoms with Crippen LogP contribution in [0.25, 0.3) is 0 Å². The standard InChI is InChI=1S/C6H9O5PS/c1-4-5-11-13(8,9)6(10-2)12(3)7/h1H,5H2,2-3H3. The van der Waals surface area contributed by atoms with Gasteiger partial charge in [-0.25, -0.2) is 4.18 Å². The van der Waals surface area contributed by atoms with Crippen LogP contribution in [0.2, 0.25) is 0 Å². The molecule has 0 N–H and O–H groups in total. The first-order valence-electron chi connectivity index (χ1n) is 3.10. The predicted octanol–water partition coefficient (Wildman–Crippen LogP) is -0.913. The first kappa shape index (κ1) is 12.6. The van der Waals surface area contributed by atoms with Gasteiger partial charge in [0.15, 0.2) is 0 Å². The van der Waals surface area contributed by atoms with Gasteiger partial charge >= 0.3 is 14.9 Å². The van der Waals surface area contributed by atoms with Crippen molar-refractivity contribution in [3.63, 3.8) is 0 Å². The zero-order chi connectivity index (χ0) is 10.5. The monoisotopic (exact) mass is 224 g/mol. The number of terminal acetylenes is 1. The van der Waals surface area contributed by atoms with Crippen LogP contribution >= 0.6 is 7.77 Å². The molecule has 0 saturated heterocycles. The van der Waals surface area contributed by atoms with E-state index in [1.54, 1.807) is 0 Å². The van der Waals surface area contributed by atoms with E-state index in [4.69, 9.17) is 6.42 Å². The molecule has 0 aliphatic carbocycles. The highest BCUT2D eigenvalue weighted by molar-refractivity contribution is 8.08. The molecule has 0 aromatic heterocycles. The van der Waals surface area contributed by atoms with Gasteiger partial charge in [-0.1, -0.05) is 5.92 Å². The summed E-state index contributed by atoms with van der Waals surface area (Å²) in [6.45, 7) is 0.795. The third kappa shape index (κ3) is 3.85. The van der Waals surface area contributed by atoms with Crippen molar-refractivity contribution in [3.05, 3.63) is 0 Å². The van der Waals surface area contributed by atoms with Crippen molar-refractivity contribution >= 4 is 22.7 Å². The maximum Gasteiger partial charge on any atom is 0.364 e. The first-order valence-corrected chi connectivity index (χ1v) is 6.22. The van der Waals surface area contributed by atoms with Crippen LogP contribution in [0.1, 0.15) is 0 Å². The molecule has 5 nitrogen and oxygen atoms in total. The Kier molecular flexibility index (Phi) is 5.14. The lowest BCUT2D eigenvalue weighted by Gasteiger charge is -2.02. The zero-order valence-electron chi connectivity index (χ0n) is 7.18. The smallest absolute Gasteiger partial charge is 0.364 e. The predicted molar refractivity (Wildman–Crippen MR) is 48.6 cm³/mol. The molecule has 0 heterocycles. The van der Waals surface area contributed by atoms with Gasteiger partial charge in [0.2, 0.25) is 0 Å².